The monoisotopic (exact) mass is 276 g/mol. The van der Waals surface area contributed by atoms with Gasteiger partial charge in [-0.25, -0.2) is 0 Å². The van der Waals surface area contributed by atoms with Crippen molar-refractivity contribution in [2.24, 2.45) is 5.73 Å². The average molecular weight is 276 g/mol. The summed E-state index contributed by atoms with van der Waals surface area (Å²) in [7, 11) is 0. The van der Waals surface area contributed by atoms with Crippen molar-refractivity contribution in [1.29, 1.82) is 0 Å². The standard InChI is InChI=1S/C16H24N2O2/c17-10-3-1-2-7-16(20)18(14-8-9-14)12-13-5-4-6-15(19)11-13/h4-6,11,14,19H,1-3,7-10,12,17H2. The molecule has 0 spiro atoms. The quantitative estimate of drug-likeness (QED) is 0.716. The lowest BCUT2D eigenvalue weighted by Crippen LogP contribution is -2.32. The summed E-state index contributed by atoms with van der Waals surface area (Å²) in [6.45, 7) is 1.30. The van der Waals surface area contributed by atoms with E-state index in [1.807, 2.05) is 17.0 Å². The van der Waals surface area contributed by atoms with Crippen molar-refractivity contribution in [3.63, 3.8) is 0 Å². The number of hydrogen-bond donors (Lipinski definition) is 2. The Morgan fingerprint density at radius 1 is 1.30 bits per heavy atom. The first kappa shape index (κ1) is 14.9. The van der Waals surface area contributed by atoms with E-state index >= 15 is 0 Å². The third kappa shape index (κ3) is 4.53. The van der Waals surface area contributed by atoms with E-state index in [4.69, 9.17) is 5.73 Å². The number of amides is 1. The van der Waals surface area contributed by atoms with Crippen molar-refractivity contribution in [3.05, 3.63) is 29.8 Å². The fourth-order valence-corrected chi connectivity index (χ4v) is 2.40. The van der Waals surface area contributed by atoms with Crippen LogP contribution in [0.3, 0.4) is 0 Å². The molecular weight excluding hydrogens is 252 g/mol. The smallest absolute Gasteiger partial charge is 0.223 e. The predicted octanol–water partition coefficient (Wildman–Crippen LogP) is 2.40. The first-order valence-corrected chi connectivity index (χ1v) is 7.48. The number of aromatic hydroxyl groups is 1. The maximum Gasteiger partial charge on any atom is 0.223 e. The molecule has 1 aromatic rings. The minimum absolute atomic E-state index is 0.230. The second-order valence-electron chi connectivity index (χ2n) is 5.52. The molecule has 0 aliphatic heterocycles. The molecule has 3 N–H and O–H groups in total. The van der Waals surface area contributed by atoms with Crippen LogP contribution in [0.1, 0.15) is 44.1 Å². The van der Waals surface area contributed by atoms with Crippen molar-refractivity contribution < 1.29 is 9.90 Å². The molecule has 1 aliphatic rings. The van der Waals surface area contributed by atoms with Crippen LogP contribution in [0.2, 0.25) is 0 Å². The Kier molecular flexibility index (Phi) is 5.41. The maximum absolute atomic E-state index is 12.3. The summed E-state index contributed by atoms with van der Waals surface area (Å²) in [6, 6.07) is 7.56. The van der Waals surface area contributed by atoms with Crippen LogP contribution in [0.15, 0.2) is 24.3 Å². The number of nitrogens with zero attached hydrogens (tertiary/aromatic N) is 1. The molecule has 0 unspecified atom stereocenters. The van der Waals surface area contributed by atoms with Gasteiger partial charge in [0.05, 0.1) is 0 Å². The van der Waals surface area contributed by atoms with Crippen molar-refractivity contribution >= 4 is 5.91 Å². The van der Waals surface area contributed by atoms with Crippen LogP contribution in [0, 0.1) is 0 Å². The second kappa shape index (κ2) is 7.29. The summed E-state index contributed by atoms with van der Waals surface area (Å²) >= 11 is 0. The summed E-state index contributed by atoms with van der Waals surface area (Å²) in [4.78, 5) is 14.3. The van der Waals surface area contributed by atoms with Crippen LogP contribution >= 0.6 is 0 Å². The summed E-state index contributed by atoms with van der Waals surface area (Å²) < 4.78 is 0. The highest BCUT2D eigenvalue weighted by molar-refractivity contribution is 5.76. The minimum atomic E-state index is 0.230. The van der Waals surface area contributed by atoms with Gasteiger partial charge in [-0.3, -0.25) is 4.79 Å². The molecule has 0 bridgehead atoms. The van der Waals surface area contributed by atoms with E-state index in [9.17, 15) is 9.90 Å². The Bertz CT molecular complexity index is 444. The topological polar surface area (TPSA) is 66.6 Å². The summed E-state index contributed by atoms with van der Waals surface area (Å²) in [6.07, 6.45) is 5.74. The Hall–Kier alpha value is -1.55. The molecule has 110 valence electrons. The largest absolute Gasteiger partial charge is 0.508 e. The highest BCUT2D eigenvalue weighted by atomic mass is 16.3. The molecule has 1 amide bonds. The van der Waals surface area contributed by atoms with Gasteiger partial charge in [0, 0.05) is 19.0 Å². The average Bonchev–Trinajstić information content (AvgIpc) is 3.25. The molecule has 0 aromatic heterocycles. The minimum Gasteiger partial charge on any atom is -0.508 e. The number of carbonyl (C=O) groups is 1. The van der Waals surface area contributed by atoms with Gasteiger partial charge in [-0.2, -0.15) is 0 Å². The number of phenolic OH excluding ortho intramolecular Hbond substituents is 1. The SMILES string of the molecule is NCCCCCC(=O)N(Cc1cccc(O)c1)C1CC1. The van der Waals surface area contributed by atoms with Gasteiger partial charge < -0.3 is 15.7 Å². The highest BCUT2D eigenvalue weighted by Gasteiger charge is 2.32. The number of benzene rings is 1. The van der Waals surface area contributed by atoms with E-state index in [0.29, 0.717) is 25.6 Å². The summed E-state index contributed by atoms with van der Waals surface area (Å²) in [5.74, 6) is 0.488. The van der Waals surface area contributed by atoms with Crippen molar-refractivity contribution in [1.82, 2.24) is 4.90 Å². The first-order chi connectivity index (χ1) is 9.70. The molecule has 2 rings (SSSR count). The number of rotatable bonds is 8. The van der Waals surface area contributed by atoms with Crippen molar-refractivity contribution in [2.75, 3.05) is 6.54 Å². The van der Waals surface area contributed by atoms with E-state index < -0.39 is 0 Å². The highest BCUT2D eigenvalue weighted by Crippen LogP contribution is 2.29. The van der Waals surface area contributed by atoms with Gasteiger partial charge in [-0.05, 0) is 49.9 Å². The molecule has 1 saturated carbocycles. The Labute approximate surface area is 120 Å². The Morgan fingerprint density at radius 3 is 2.75 bits per heavy atom. The van der Waals surface area contributed by atoms with Gasteiger partial charge in [-0.15, -0.1) is 0 Å². The first-order valence-electron chi connectivity index (χ1n) is 7.48. The zero-order chi connectivity index (χ0) is 14.4. The summed E-state index contributed by atoms with van der Waals surface area (Å²) in [5.41, 5.74) is 6.45. The molecular formula is C16H24N2O2. The third-order valence-electron chi connectivity index (χ3n) is 3.67. The zero-order valence-corrected chi connectivity index (χ0v) is 11.9. The van der Waals surface area contributed by atoms with E-state index in [-0.39, 0.29) is 11.7 Å². The van der Waals surface area contributed by atoms with Crippen molar-refractivity contribution in [2.45, 2.75) is 51.1 Å². The van der Waals surface area contributed by atoms with Crippen molar-refractivity contribution in [3.8, 4) is 5.75 Å². The van der Waals surface area contributed by atoms with Crippen LogP contribution in [0.5, 0.6) is 5.75 Å². The molecule has 0 radical (unpaired) electrons. The Morgan fingerprint density at radius 2 is 2.10 bits per heavy atom. The van der Waals surface area contributed by atoms with Gasteiger partial charge in [0.15, 0.2) is 0 Å². The number of carbonyl (C=O) groups excluding carboxylic acids is 1. The summed E-state index contributed by atoms with van der Waals surface area (Å²) in [5, 5.41) is 9.50. The Balaban J connectivity index is 1.88. The van der Waals surface area contributed by atoms with Crippen LogP contribution in [0.4, 0.5) is 0 Å². The van der Waals surface area contributed by atoms with Gasteiger partial charge in [-0.1, -0.05) is 18.6 Å². The number of unbranched alkanes of at least 4 members (excludes halogenated alkanes) is 2. The van der Waals surface area contributed by atoms with Crippen LogP contribution < -0.4 is 5.73 Å². The molecule has 1 aromatic carbocycles. The maximum atomic E-state index is 12.3. The van der Waals surface area contributed by atoms with Gasteiger partial charge >= 0.3 is 0 Å². The fourth-order valence-electron chi connectivity index (χ4n) is 2.40. The number of hydrogen-bond acceptors (Lipinski definition) is 3. The van der Waals surface area contributed by atoms with E-state index in [1.165, 1.54) is 0 Å². The predicted molar refractivity (Wildman–Crippen MR) is 79.2 cm³/mol. The lowest BCUT2D eigenvalue weighted by atomic mass is 10.1. The second-order valence-corrected chi connectivity index (χ2v) is 5.52. The number of nitrogens with two attached hydrogens (primary N) is 1. The van der Waals surface area contributed by atoms with Gasteiger partial charge in [0.2, 0.25) is 5.91 Å². The molecule has 4 nitrogen and oxygen atoms in total. The van der Waals surface area contributed by atoms with Crippen LogP contribution in [-0.2, 0) is 11.3 Å². The third-order valence-corrected chi connectivity index (χ3v) is 3.67. The van der Waals surface area contributed by atoms with E-state index in [2.05, 4.69) is 0 Å². The van der Waals surface area contributed by atoms with Gasteiger partial charge in [0.25, 0.3) is 0 Å². The lowest BCUT2D eigenvalue weighted by molar-refractivity contribution is -0.132. The molecule has 1 fully saturated rings. The number of phenols is 1. The molecule has 0 heterocycles. The molecule has 0 atom stereocenters. The van der Waals surface area contributed by atoms with Crippen LogP contribution in [0.25, 0.3) is 0 Å². The molecule has 4 heteroatoms. The van der Waals surface area contributed by atoms with Gasteiger partial charge in [0.1, 0.15) is 5.75 Å². The van der Waals surface area contributed by atoms with Crippen LogP contribution in [-0.4, -0.2) is 28.5 Å². The van der Waals surface area contributed by atoms with E-state index in [0.717, 1.165) is 37.7 Å². The molecule has 0 saturated heterocycles. The molecule has 1 aliphatic carbocycles. The normalized spacial score (nSPS) is 14.2. The zero-order valence-electron chi connectivity index (χ0n) is 11.9. The van der Waals surface area contributed by atoms with E-state index in [1.54, 1.807) is 12.1 Å². The lowest BCUT2D eigenvalue weighted by Gasteiger charge is -2.22. The fraction of sp³-hybridized carbons (Fsp3) is 0.562. The molecule has 20 heavy (non-hydrogen) atoms.